The Hall–Kier alpha value is -8.64. The molecule has 1 rings (SSSR count). The molecule has 76 heavy (non-hydrogen) atoms. The van der Waals surface area contributed by atoms with Crippen molar-refractivity contribution in [1.82, 2.24) is 37.2 Å². The quantitative estimate of drug-likeness (QED) is 0.0127. The SMILES string of the molecule is CC[C@H](C)[C@H](NC(=O)[C@H](CC(=O)O)NC(=O)[C@@H](N)CC(N)=O)C(=O)N[C@@H](Cc1ccc(O)cc1)C(=O)N[C@@H](CCCN=C(N)N)C(=O)N[C@@H](CCC(N)=O)C(=O)N[C@@H](CCCN=C(N)N)C(=O)N[C@H](C=O)CCC(N)=O. The Labute approximate surface area is 437 Å². The van der Waals surface area contributed by atoms with Crippen LogP contribution in [0, 0.1) is 5.92 Å². The average molecular weight is 1080 g/mol. The molecule has 31 heteroatoms. The zero-order chi connectivity index (χ0) is 57.7. The Bertz CT molecular complexity index is 2260. The van der Waals surface area contributed by atoms with Crippen molar-refractivity contribution in [3.63, 3.8) is 0 Å². The second kappa shape index (κ2) is 34.0. The highest BCUT2D eigenvalue weighted by molar-refractivity contribution is 5.99. The highest BCUT2D eigenvalue weighted by atomic mass is 16.4. The van der Waals surface area contributed by atoms with Crippen LogP contribution in [0.15, 0.2) is 34.3 Å². The summed E-state index contributed by atoms with van der Waals surface area (Å²) in [4.78, 5) is 163. The van der Waals surface area contributed by atoms with E-state index in [1.807, 2.05) is 0 Å². The van der Waals surface area contributed by atoms with Gasteiger partial charge in [0, 0.05) is 32.4 Å². The van der Waals surface area contributed by atoms with Crippen molar-refractivity contribution in [1.29, 1.82) is 0 Å². The van der Waals surface area contributed by atoms with Crippen molar-refractivity contribution in [3.8, 4) is 5.75 Å². The monoisotopic (exact) mass is 1080 g/mol. The van der Waals surface area contributed by atoms with E-state index >= 15 is 0 Å². The summed E-state index contributed by atoms with van der Waals surface area (Å²) in [5.41, 5.74) is 43.6. The number of nitrogens with one attached hydrogen (secondary N) is 7. The van der Waals surface area contributed by atoms with Crippen molar-refractivity contribution >= 4 is 83.2 Å². The van der Waals surface area contributed by atoms with E-state index in [4.69, 9.17) is 45.9 Å². The van der Waals surface area contributed by atoms with Gasteiger partial charge < -0.3 is 98.1 Å². The largest absolute Gasteiger partial charge is 0.508 e. The van der Waals surface area contributed by atoms with Crippen LogP contribution in [0.1, 0.15) is 90.0 Å². The molecule has 0 aromatic heterocycles. The van der Waals surface area contributed by atoms with Crippen molar-refractivity contribution < 1.29 is 67.7 Å². The molecule has 0 unspecified atom stereocenters. The Morgan fingerprint density at radius 1 is 0.553 bits per heavy atom. The third-order valence-electron chi connectivity index (χ3n) is 11.2. The van der Waals surface area contributed by atoms with E-state index in [1.165, 1.54) is 24.3 Å². The van der Waals surface area contributed by atoms with Gasteiger partial charge in [-0.3, -0.25) is 62.7 Å². The number of nitrogens with zero attached hydrogens (tertiary/aromatic N) is 2. The van der Waals surface area contributed by atoms with Gasteiger partial charge >= 0.3 is 5.97 Å². The van der Waals surface area contributed by atoms with Crippen LogP contribution in [-0.4, -0.2) is 155 Å². The number of primary amides is 3. The minimum Gasteiger partial charge on any atom is -0.508 e. The van der Waals surface area contributed by atoms with Crippen molar-refractivity contribution in [2.24, 2.45) is 61.8 Å². The summed E-state index contributed by atoms with van der Waals surface area (Å²) in [5.74, 6) is -12.8. The summed E-state index contributed by atoms with van der Waals surface area (Å²) < 4.78 is 0. The molecular formula is C45H73N17O14. The standard InChI is InChI=1S/C45H73N17O14/c1-3-22(2)36(62-42(75)31(20-35(68)69)60-37(70)26(46)19-34(49)67)43(76)61-30(18-23-8-11-25(64)12-9-23)41(74)58-28(7-5-17-55-45(52)53)39(72)59-29(13-15-33(48)66)40(73)57-27(6-4-16-54-44(50)51)38(71)56-24(21-63)10-14-32(47)65/h8-9,11-12,21-22,24,26-31,36,64H,3-7,10,13-20,46H2,1-2H3,(H2,47,65)(H2,48,66)(H2,49,67)(H,56,71)(H,57,73)(H,58,74)(H,59,72)(H,60,70)(H,61,76)(H,62,75)(H,68,69)(H4,50,51,54)(H4,52,53,55)/t22-,24-,26-,27-,28-,29-,30-,31-,36-/m0/s1. The number of aliphatic carboxylic acids is 1. The van der Waals surface area contributed by atoms with E-state index in [-0.39, 0.29) is 82.1 Å². The number of phenols is 1. The second-order valence-electron chi connectivity index (χ2n) is 17.6. The molecule has 0 aliphatic rings. The number of aliphatic imine (C=N–C) groups is 2. The van der Waals surface area contributed by atoms with Gasteiger partial charge in [0.15, 0.2) is 11.9 Å². The van der Waals surface area contributed by atoms with Crippen LogP contribution >= 0.6 is 0 Å². The predicted molar refractivity (Wildman–Crippen MR) is 272 cm³/mol. The zero-order valence-electron chi connectivity index (χ0n) is 42.3. The molecule has 0 radical (unpaired) electrons. The smallest absolute Gasteiger partial charge is 0.305 e. The van der Waals surface area contributed by atoms with Crippen LogP contribution in [0.2, 0.25) is 0 Å². The third-order valence-corrected chi connectivity index (χ3v) is 11.2. The molecule has 25 N–H and O–H groups in total. The normalized spacial score (nSPS) is 14.3. The Morgan fingerprint density at radius 3 is 1.43 bits per heavy atom. The lowest BCUT2D eigenvalue weighted by molar-refractivity contribution is -0.141. The molecule has 422 valence electrons. The molecule has 0 saturated heterocycles. The number of carbonyl (C=O) groups is 12. The molecule has 1 aromatic rings. The van der Waals surface area contributed by atoms with Crippen LogP contribution in [0.25, 0.3) is 0 Å². The van der Waals surface area contributed by atoms with E-state index in [0.717, 1.165) is 0 Å². The summed E-state index contributed by atoms with van der Waals surface area (Å²) in [6.07, 6.45) is -3.02. The molecule has 0 aliphatic heterocycles. The Kier molecular flexibility index (Phi) is 29.2. The first kappa shape index (κ1) is 65.4. The van der Waals surface area contributed by atoms with Gasteiger partial charge in [-0.2, -0.15) is 0 Å². The van der Waals surface area contributed by atoms with Crippen LogP contribution in [0.3, 0.4) is 0 Å². The number of hydrogen-bond donors (Lipinski definition) is 17. The van der Waals surface area contributed by atoms with E-state index < -0.39 is 145 Å². The molecule has 0 aliphatic carbocycles. The van der Waals surface area contributed by atoms with Crippen molar-refractivity contribution in [2.45, 2.75) is 139 Å². The fraction of sp³-hybridized carbons (Fsp3) is 0.556. The molecule has 31 nitrogen and oxygen atoms in total. The minimum absolute atomic E-state index is 0.00571. The van der Waals surface area contributed by atoms with Gasteiger partial charge in [-0.15, -0.1) is 0 Å². The summed E-state index contributed by atoms with van der Waals surface area (Å²) in [7, 11) is 0. The second-order valence-corrected chi connectivity index (χ2v) is 17.6. The van der Waals surface area contributed by atoms with Gasteiger partial charge in [0.05, 0.1) is 24.9 Å². The maximum Gasteiger partial charge on any atom is 0.305 e. The molecule has 9 atom stereocenters. The number of amides is 10. The molecule has 0 fully saturated rings. The van der Waals surface area contributed by atoms with Crippen LogP contribution in [-0.2, 0) is 64.0 Å². The summed E-state index contributed by atoms with van der Waals surface area (Å²) in [5, 5.41) is 36.6. The number of carboxylic acids is 1. The molecule has 0 saturated carbocycles. The lowest BCUT2D eigenvalue weighted by Crippen LogP contribution is -2.61. The maximum atomic E-state index is 14.5. The molecule has 10 amide bonds. The zero-order valence-corrected chi connectivity index (χ0v) is 42.3. The molecular weight excluding hydrogens is 1000 g/mol. The van der Waals surface area contributed by atoms with Gasteiger partial charge in [-0.05, 0) is 62.1 Å². The van der Waals surface area contributed by atoms with Crippen molar-refractivity contribution in [3.05, 3.63) is 29.8 Å². The number of aldehydes is 1. The lowest BCUT2D eigenvalue weighted by atomic mass is 9.96. The van der Waals surface area contributed by atoms with Gasteiger partial charge in [-0.25, -0.2) is 0 Å². The lowest BCUT2D eigenvalue weighted by Gasteiger charge is -2.29. The Balaban J connectivity index is 3.74. The first-order valence-electron chi connectivity index (χ1n) is 24.0. The van der Waals surface area contributed by atoms with Gasteiger partial charge in [-0.1, -0.05) is 32.4 Å². The minimum atomic E-state index is -1.82. The summed E-state index contributed by atoms with van der Waals surface area (Å²) in [6, 6.07) is -6.90. The fourth-order valence-electron chi connectivity index (χ4n) is 6.94. The number of aromatic hydroxyl groups is 1. The van der Waals surface area contributed by atoms with Gasteiger partial charge in [0.1, 0.15) is 48.3 Å². The van der Waals surface area contributed by atoms with E-state index in [2.05, 4.69) is 47.2 Å². The first-order chi connectivity index (χ1) is 35.7. The highest BCUT2D eigenvalue weighted by Gasteiger charge is 2.36. The fourth-order valence-corrected chi connectivity index (χ4v) is 6.94. The Morgan fingerprint density at radius 2 is 0.987 bits per heavy atom. The molecule has 0 spiro atoms. The van der Waals surface area contributed by atoms with Crippen molar-refractivity contribution in [2.75, 3.05) is 13.1 Å². The maximum absolute atomic E-state index is 14.5. The van der Waals surface area contributed by atoms with E-state index in [9.17, 15) is 67.7 Å². The van der Waals surface area contributed by atoms with Crippen LogP contribution in [0.4, 0.5) is 0 Å². The summed E-state index contributed by atoms with van der Waals surface area (Å²) in [6.45, 7) is 3.12. The number of carboxylic acid groups (broad SMARTS) is 1. The number of rotatable bonds is 37. The van der Waals surface area contributed by atoms with Crippen LogP contribution < -0.4 is 83.1 Å². The topological polar surface area (TPSA) is 562 Å². The van der Waals surface area contributed by atoms with E-state index in [1.54, 1.807) is 13.8 Å². The van der Waals surface area contributed by atoms with Gasteiger partial charge in [0.25, 0.3) is 0 Å². The number of carbonyl (C=O) groups excluding carboxylic acids is 11. The summed E-state index contributed by atoms with van der Waals surface area (Å²) >= 11 is 0. The number of guanidine groups is 2. The number of benzene rings is 1. The number of phenolic OH excluding ortho intramolecular Hbond substituents is 1. The van der Waals surface area contributed by atoms with Crippen LogP contribution in [0.5, 0.6) is 5.75 Å². The molecule has 0 bridgehead atoms. The van der Waals surface area contributed by atoms with Gasteiger partial charge in [0.2, 0.25) is 59.1 Å². The number of nitrogens with two attached hydrogens (primary N) is 8. The number of hydrogen-bond acceptors (Lipinski definition) is 16. The first-order valence-corrected chi connectivity index (χ1v) is 24.0. The third kappa shape index (κ3) is 26.4. The highest BCUT2D eigenvalue weighted by Crippen LogP contribution is 2.15. The molecule has 0 heterocycles. The predicted octanol–water partition coefficient (Wildman–Crippen LogP) is -7.11. The average Bonchev–Trinajstić information content (AvgIpc) is 3.33. The molecule has 1 aromatic carbocycles. The van der Waals surface area contributed by atoms with E-state index in [0.29, 0.717) is 11.8 Å².